The third-order valence-electron chi connectivity index (χ3n) is 6.02. The zero-order valence-corrected chi connectivity index (χ0v) is 19.8. The molecule has 0 saturated heterocycles. The van der Waals surface area contributed by atoms with Gasteiger partial charge in [-0.15, -0.1) is 0 Å². The lowest BCUT2D eigenvalue weighted by Gasteiger charge is -2.08. The molecule has 0 spiro atoms. The second-order valence-corrected chi connectivity index (χ2v) is 8.57. The van der Waals surface area contributed by atoms with Crippen LogP contribution < -0.4 is 5.32 Å². The Kier molecular flexibility index (Phi) is 5.61. The number of halogens is 1. The molecular weight excluding hydrogens is 471 g/mol. The summed E-state index contributed by atoms with van der Waals surface area (Å²) in [5.41, 5.74) is 5.33. The van der Waals surface area contributed by atoms with Crippen LogP contribution in [0.1, 0.15) is 19.8 Å². The maximum absolute atomic E-state index is 15.1. The van der Waals surface area contributed by atoms with Gasteiger partial charge < -0.3 is 10.3 Å². The number of rotatable bonds is 6. The minimum Gasteiger partial charge on any atom is -0.335 e. The molecule has 0 aliphatic heterocycles. The highest BCUT2D eigenvalue weighted by molar-refractivity contribution is 5.97. The van der Waals surface area contributed by atoms with Crippen molar-refractivity contribution in [1.29, 1.82) is 0 Å². The predicted octanol–water partition coefficient (Wildman–Crippen LogP) is 5.50. The molecule has 1 amide bonds. The van der Waals surface area contributed by atoms with Crippen molar-refractivity contribution in [2.45, 2.75) is 19.8 Å². The molecule has 6 aromatic rings. The fourth-order valence-electron chi connectivity index (χ4n) is 4.30. The second-order valence-electron chi connectivity index (χ2n) is 8.57. The van der Waals surface area contributed by atoms with E-state index in [9.17, 15) is 4.79 Å². The van der Waals surface area contributed by atoms with Crippen LogP contribution in [0.25, 0.3) is 56.0 Å². The van der Waals surface area contributed by atoms with E-state index in [4.69, 9.17) is 0 Å². The maximum Gasteiger partial charge on any atom is 0.224 e. The number of benzene rings is 1. The molecule has 1 aromatic carbocycles. The van der Waals surface area contributed by atoms with Crippen LogP contribution in [-0.4, -0.2) is 41.0 Å². The van der Waals surface area contributed by atoms with Crippen molar-refractivity contribution in [1.82, 2.24) is 35.1 Å². The Morgan fingerprint density at radius 3 is 2.81 bits per heavy atom. The Morgan fingerprint density at radius 2 is 1.97 bits per heavy atom. The van der Waals surface area contributed by atoms with Gasteiger partial charge in [0, 0.05) is 53.2 Å². The van der Waals surface area contributed by atoms with E-state index in [1.165, 1.54) is 12.3 Å². The van der Waals surface area contributed by atoms with Crippen molar-refractivity contribution in [3.63, 3.8) is 0 Å². The van der Waals surface area contributed by atoms with E-state index >= 15 is 4.39 Å². The number of aromatic amines is 2. The minimum absolute atomic E-state index is 0.113. The zero-order chi connectivity index (χ0) is 25.4. The number of anilines is 1. The molecule has 37 heavy (non-hydrogen) atoms. The summed E-state index contributed by atoms with van der Waals surface area (Å²) >= 11 is 0. The van der Waals surface area contributed by atoms with Crippen LogP contribution in [0.15, 0.2) is 67.3 Å². The quantitative estimate of drug-likeness (QED) is 0.282. The Morgan fingerprint density at radius 1 is 1.05 bits per heavy atom. The van der Waals surface area contributed by atoms with E-state index < -0.39 is 5.82 Å². The first-order valence-electron chi connectivity index (χ1n) is 11.8. The van der Waals surface area contributed by atoms with Gasteiger partial charge in [0.1, 0.15) is 11.5 Å². The van der Waals surface area contributed by atoms with Gasteiger partial charge in [-0.1, -0.05) is 13.0 Å². The summed E-state index contributed by atoms with van der Waals surface area (Å²) < 4.78 is 15.1. The summed E-state index contributed by atoms with van der Waals surface area (Å²) in [4.78, 5) is 33.0. The van der Waals surface area contributed by atoms with Crippen LogP contribution in [0.5, 0.6) is 0 Å². The van der Waals surface area contributed by atoms with Gasteiger partial charge in [0.15, 0.2) is 11.5 Å². The maximum atomic E-state index is 15.1. The van der Waals surface area contributed by atoms with E-state index in [0.29, 0.717) is 51.3 Å². The Labute approximate surface area is 210 Å². The van der Waals surface area contributed by atoms with Gasteiger partial charge in [-0.3, -0.25) is 19.9 Å². The molecule has 9 nitrogen and oxygen atoms in total. The molecular formula is C27H21FN8O. The number of carbonyl (C=O) groups excluding carboxylic acids is 1. The number of fused-ring (bicyclic) bond motifs is 2. The standard InChI is InChI=1S/C27H21FN8O/c1-2-5-23(37)32-16-10-15(13-29-14-16)18-11-19-22(12-20(18)28)35-36-25(19)27-33-24-17(7-9-31-26(24)34-27)21-6-3-4-8-30-21/h3-4,6-14H,2,5H2,1H3,(H,32,37)(H,35,36)(H,31,33,34). The van der Waals surface area contributed by atoms with Crippen LogP contribution >= 0.6 is 0 Å². The minimum atomic E-state index is -0.440. The summed E-state index contributed by atoms with van der Waals surface area (Å²) in [5.74, 6) is -0.0586. The van der Waals surface area contributed by atoms with E-state index in [-0.39, 0.29) is 5.91 Å². The fourth-order valence-corrected chi connectivity index (χ4v) is 4.30. The van der Waals surface area contributed by atoms with Gasteiger partial charge in [-0.2, -0.15) is 5.10 Å². The molecule has 3 N–H and O–H groups in total. The van der Waals surface area contributed by atoms with Gasteiger partial charge in [0.2, 0.25) is 5.91 Å². The van der Waals surface area contributed by atoms with Crippen LogP contribution in [0.3, 0.4) is 0 Å². The summed E-state index contributed by atoms with van der Waals surface area (Å²) in [7, 11) is 0. The van der Waals surface area contributed by atoms with Gasteiger partial charge >= 0.3 is 0 Å². The van der Waals surface area contributed by atoms with Crippen molar-refractivity contribution in [3.05, 3.63) is 73.1 Å². The molecule has 5 aromatic heterocycles. The number of amides is 1. The molecule has 6 rings (SSSR count). The highest BCUT2D eigenvalue weighted by Gasteiger charge is 2.18. The van der Waals surface area contributed by atoms with Crippen molar-refractivity contribution in [2.75, 3.05) is 5.32 Å². The van der Waals surface area contributed by atoms with Crippen molar-refractivity contribution in [2.24, 2.45) is 0 Å². The fraction of sp³-hybridized carbons (Fsp3) is 0.111. The zero-order valence-electron chi connectivity index (χ0n) is 19.8. The van der Waals surface area contributed by atoms with E-state index in [1.54, 1.807) is 30.7 Å². The van der Waals surface area contributed by atoms with Crippen LogP contribution in [0, 0.1) is 5.82 Å². The Hall–Kier alpha value is -4.99. The number of carbonyl (C=O) groups is 1. The average molecular weight is 493 g/mol. The third kappa shape index (κ3) is 4.18. The van der Waals surface area contributed by atoms with Gasteiger partial charge in [0.25, 0.3) is 0 Å². The molecule has 182 valence electrons. The number of imidazole rings is 1. The molecule has 0 unspecified atom stereocenters. The number of nitrogens with one attached hydrogen (secondary N) is 3. The molecule has 0 bridgehead atoms. The normalized spacial score (nSPS) is 11.3. The topological polar surface area (TPSA) is 125 Å². The van der Waals surface area contributed by atoms with E-state index in [2.05, 4.69) is 40.4 Å². The molecule has 0 fully saturated rings. The molecule has 0 aliphatic carbocycles. The number of pyridine rings is 3. The summed E-state index contributed by atoms with van der Waals surface area (Å²) in [5, 5.41) is 10.8. The molecule has 0 aliphatic rings. The van der Waals surface area contributed by atoms with Crippen molar-refractivity contribution >= 4 is 33.7 Å². The summed E-state index contributed by atoms with van der Waals surface area (Å²) in [6, 6.07) is 12.4. The van der Waals surface area contributed by atoms with Crippen LogP contribution in [0.4, 0.5) is 10.1 Å². The van der Waals surface area contributed by atoms with E-state index in [1.807, 2.05) is 31.2 Å². The van der Waals surface area contributed by atoms with Gasteiger partial charge in [-0.05, 0) is 36.8 Å². The Bertz CT molecular complexity index is 1760. The molecule has 5 heterocycles. The predicted molar refractivity (Wildman–Crippen MR) is 139 cm³/mol. The molecule has 10 heteroatoms. The summed E-state index contributed by atoms with van der Waals surface area (Å²) in [6.45, 7) is 1.93. The number of hydrogen-bond acceptors (Lipinski definition) is 6. The number of aromatic nitrogens is 7. The van der Waals surface area contributed by atoms with Gasteiger partial charge in [0.05, 0.1) is 28.6 Å². The van der Waals surface area contributed by atoms with Crippen LogP contribution in [0.2, 0.25) is 0 Å². The average Bonchev–Trinajstić information content (AvgIpc) is 3.52. The molecule has 0 atom stereocenters. The lowest BCUT2D eigenvalue weighted by atomic mass is 10.0. The van der Waals surface area contributed by atoms with Crippen molar-refractivity contribution in [3.8, 4) is 33.9 Å². The first-order chi connectivity index (χ1) is 18.1. The van der Waals surface area contributed by atoms with Crippen molar-refractivity contribution < 1.29 is 9.18 Å². The number of H-pyrrole nitrogens is 2. The first kappa shape index (κ1) is 22.5. The highest BCUT2D eigenvalue weighted by atomic mass is 19.1. The van der Waals surface area contributed by atoms with E-state index in [0.717, 1.165) is 23.2 Å². The van der Waals surface area contributed by atoms with Gasteiger partial charge in [-0.25, -0.2) is 14.4 Å². The largest absolute Gasteiger partial charge is 0.335 e. The second kappa shape index (κ2) is 9.23. The lowest BCUT2D eigenvalue weighted by molar-refractivity contribution is -0.116. The molecule has 0 saturated carbocycles. The first-order valence-corrected chi connectivity index (χ1v) is 11.8. The monoisotopic (exact) mass is 492 g/mol. The SMILES string of the molecule is CCCC(=O)Nc1cncc(-c2cc3c(-c4nc5nccc(-c6ccccn6)c5[nH]4)n[nH]c3cc2F)c1. The Balaban J connectivity index is 1.43. The smallest absolute Gasteiger partial charge is 0.224 e. The van der Waals surface area contributed by atoms with Crippen LogP contribution in [-0.2, 0) is 4.79 Å². The number of hydrogen-bond donors (Lipinski definition) is 3. The highest BCUT2D eigenvalue weighted by Crippen LogP contribution is 2.34. The lowest BCUT2D eigenvalue weighted by Crippen LogP contribution is -2.10. The third-order valence-corrected chi connectivity index (χ3v) is 6.02. The number of nitrogens with zero attached hydrogens (tertiary/aromatic N) is 5. The summed E-state index contributed by atoms with van der Waals surface area (Å²) in [6.07, 6.45) is 7.65. The molecule has 0 radical (unpaired) electrons.